The molecule has 42 heavy (non-hydrogen) atoms. The Balaban J connectivity index is 1.65. The molecule has 8 aromatic carbocycles. The zero-order valence-electron chi connectivity index (χ0n) is 29.6. The van der Waals surface area contributed by atoms with E-state index in [1.54, 1.807) is 0 Å². The summed E-state index contributed by atoms with van der Waals surface area (Å²) in [5.74, 6) is 0. The van der Waals surface area contributed by atoms with Crippen molar-refractivity contribution in [2.45, 2.75) is 0 Å². The molecule has 0 heteroatoms. The third kappa shape index (κ3) is 4.17. The maximum Gasteiger partial charge on any atom is 0.0636 e. The van der Waals surface area contributed by atoms with Crippen molar-refractivity contribution in [1.82, 2.24) is 0 Å². The summed E-state index contributed by atoms with van der Waals surface area (Å²) in [5.41, 5.74) is 4.92. The van der Waals surface area contributed by atoms with Crippen LogP contribution in [0.25, 0.3) is 76.8 Å². The minimum atomic E-state index is -0.383. The summed E-state index contributed by atoms with van der Waals surface area (Å²) in [5, 5.41) is 3.14. The monoisotopic (exact) mass is 539 g/mol. The highest BCUT2D eigenvalue weighted by molar-refractivity contribution is 6.22. The van der Waals surface area contributed by atoms with Crippen LogP contribution in [0, 0.1) is 0 Å². The highest BCUT2D eigenvalue weighted by Gasteiger charge is 2.18. The first-order valence-electron chi connectivity index (χ1n) is 17.5. The lowest BCUT2D eigenvalue weighted by molar-refractivity contribution is 1.61. The Hall–Kier alpha value is -5.46. The number of hydrogen-bond donors (Lipinski definition) is 0. The van der Waals surface area contributed by atoms with Crippen molar-refractivity contribution in [2.24, 2.45) is 0 Å². The van der Waals surface area contributed by atoms with Crippen molar-refractivity contribution >= 4 is 32.3 Å². The van der Waals surface area contributed by atoms with E-state index in [9.17, 15) is 6.85 Å². The minimum Gasteiger partial charge on any atom is -0.0622 e. The number of rotatable bonds is 4. The summed E-state index contributed by atoms with van der Waals surface area (Å²) in [7, 11) is 0. The van der Waals surface area contributed by atoms with Gasteiger partial charge in [-0.05, 0) is 95.0 Å². The van der Waals surface area contributed by atoms with Crippen molar-refractivity contribution in [3.8, 4) is 44.5 Å². The van der Waals surface area contributed by atoms with Gasteiger partial charge in [0.05, 0.1) is 9.60 Å². The molecule has 0 fully saturated rings. The zero-order chi connectivity index (χ0) is 34.0. The van der Waals surface area contributed by atoms with E-state index in [0.717, 1.165) is 21.9 Å². The van der Waals surface area contributed by atoms with Crippen LogP contribution in [0.2, 0.25) is 0 Å². The maximum atomic E-state index is 9.80. The molecule has 0 spiro atoms. The van der Waals surface area contributed by atoms with E-state index in [4.69, 9.17) is 2.74 Å². The van der Waals surface area contributed by atoms with Crippen molar-refractivity contribution in [1.29, 1.82) is 0 Å². The Morgan fingerprint density at radius 1 is 0.333 bits per heavy atom. The second-order valence-corrected chi connectivity index (χ2v) is 10.4. The molecule has 0 heterocycles. The summed E-state index contributed by atoms with van der Waals surface area (Å²) in [6.45, 7) is 0. The van der Waals surface area contributed by atoms with E-state index >= 15 is 0 Å². The third-order valence-electron chi connectivity index (χ3n) is 7.86. The van der Waals surface area contributed by atoms with E-state index in [1.807, 2.05) is 127 Å². The first-order chi connectivity index (χ1) is 23.8. The van der Waals surface area contributed by atoms with Gasteiger partial charge in [-0.15, -0.1) is 0 Å². The summed E-state index contributed by atoms with van der Waals surface area (Å²) in [4.78, 5) is 0. The molecule has 0 aliphatic heterocycles. The molecule has 0 saturated carbocycles. The second kappa shape index (κ2) is 10.2. The normalized spacial score (nSPS) is 13.7. The van der Waals surface area contributed by atoms with E-state index in [1.165, 1.54) is 0 Å². The van der Waals surface area contributed by atoms with Gasteiger partial charge in [-0.25, -0.2) is 0 Å². The van der Waals surface area contributed by atoms with Crippen molar-refractivity contribution in [3.63, 3.8) is 0 Å². The van der Waals surface area contributed by atoms with Gasteiger partial charge in [0, 0.05) is 0 Å². The molecule has 0 N–H and O–H groups in total. The van der Waals surface area contributed by atoms with E-state index < -0.39 is 0 Å². The fourth-order valence-corrected chi connectivity index (χ4v) is 5.87. The fraction of sp³-hybridized carbons (Fsp3) is 0. The lowest BCUT2D eigenvalue weighted by Crippen LogP contribution is -1.92. The van der Waals surface area contributed by atoms with Crippen LogP contribution in [0.4, 0.5) is 0 Å². The Morgan fingerprint density at radius 2 is 0.881 bits per heavy atom. The molecule has 0 saturated heterocycles. The standard InChI is InChI=1S/C42H28/c1-3-12-29(13-4-1)33-18-11-19-35(26-33)41-37-20-9-10-21-38(37)42(36-23-22-31-16-7-8-17-32(31)27-36)40-28-34(24-25-39(40)41)30-14-5-2-6-15-30/h1-28H/i9D,10D,20D,21D,24D,25D,28D. The third-order valence-corrected chi connectivity index (χ3v) is 7.86. The van der Waals surface area contributed by atoms with Crippen LogP contribution >= 0.6 is 0 Å². The predicted molar refractivity (Wildman–Crippen MR) is 181 cm³/mol. The van der Waals surface area contributed by atoms with Crippen molar-refractivity contribution in [2.75, 3.05) is 0 Å². The first-order valence-corrected chi connectivity index (χ1v) is 14.0. The molecule has 0 aliphatic carbocycles. The van der Waals surface area contributed by atoms with Crippen LogP contribution in [-0.2, 0) is 0 Å². The molecule has 0 amide bonds. The van der Waals surface area contributed by atoms with Gasteiger partial charge in [0.25, 0.3) is 0 Å². The molecule has 196 valence electrons. The fourth-order valence-electron chi connectivity index (χ4n) is 5.87. The molecular weight excluding hydrogens is 504 g/mol. The molecule has 8 aromatic rings. The second-order valence-electron chi connectivity index (χ2n) is 10.4. The van der Waals surface area contributed by atoms with Crippen LogP contribution in [-0.4, -0.2) is 0 Å². The largest absolute Gasteiger partial charge is 0.0636 e. The molecule has 8 rings (SSSR count). The van der Waals surface area contributed by atoms with E-state index in [-0.39, 0.29) is 53.1 Å². The van der Waals surface area contributed by atoms with Gasteiger partial charge < -0.3 is 0 Å². The van der Waals surface area contributed by atoms with Crippen LogP contribution < -0.4 is 0 Å². The highest BCUT2D eigenvalue weighted by atomic mass is 14.2. The smallest absolute Gasteiger partial charge is 0.0622 e. The van der Waals surface area contributed by atoms with Crippen molar-refractivity contribution < 1.29 is 9.60 Å². The molecule has 0 unspecified atom stereocenters. The number of hydrogen-bond acceptors (Lipinski definition) is 0. The van der Waals surface area contributed by atoms with Crippen LogP contribution in [0.5, 0.6) is 0 Å². The molecular formula is C42H28. The summed E-state index contributed by atoms with van der Waals surface area (Å²) in [6.07, 6.45) is 0. The predicted octanol–water partition coefficient (Wildman–Crippen LogP) is 11.8. The summed E-state index contributed by atoms with van der Waals surface area (Å²) in [6, 6.07) is 39.0. The molecule has 0 radical (unpaired) electrons. The van der Waals surface area contributed by atoms with Gasteiger partial charge in [0.2, 0.25) is 0 Å². The lowest BCUT2D eigenvalue weighted by Gasteiger charge is -2.19. The lowest BCUT2D eigenvalue weighted by atomic mass is 9.84. The van der Waals surface area contributed by atoms with Crippen LogP contribution in [0.1, 0.15) is 9.60 Å². The summed E-state index contributed by atoms with van der Waals surface area (Å²) < 4.78 is 64.9. The zero-order valence-corrected chi connectivity index (χ0v) is 22.6. The van der Waals surface area contributed by atoms with Crippen LogP contribution in [0.3, 0.4) is 0 Å². The minimum absolute atomic E-state index is 0.0279. The Labute approximate surface area is 256 Å². The number of benzene rings is 8. The number of fused-ring (bicyclic) bond motifs is 3. The molecule has 0 atom stereocenters. The first kappa shape index (κ1) is 18.1. The van der Waals surface area contributed by atoms with E-state index in [0.29, 0.717) is 44.2 Å². The van der Waals surface area contributed by atoms with Gasteiger partial charge in [0.15, 0.2) is 0 Å². The Morgan fingerprint density at radius 3 is 1.62 bits per heavy atom. The quantitative estimate of drug-likeness (QED) is 0.195. The van der Waals surface area contributed by atoms with Gasteiger partial charge >= 0.3 is 0 Å². The maximum absolute atomic E-state index is 9.80. The van der Waals surface area contributed by atoms with Gasteiger partial charge in [-0.2, -0.15) is 0 Å². The van der Waals surface area contributed by atoms with Crippen molar-refractivity contribution in [3.05, 3.63) is 170 Å². The Kier molecular flexibility index (Phi) is 4.38. The molecule has 0 aromatic heterocycles. The molecule has 0 aliphatic rings. The van der Waals surface area contributed by atoms with Gasteiger partial charge in [0.1, 0.15) is 0 Å². The van der Waals surface area contributed by atoms with E-state index in [2.05, 4.69) is 0 Å². The average molecular weight is 540 g/mol. The SMILES string of the molecule is [2H]c1c([2H])c([2H])c2c(-c3ccc4ccccc4c3)c3c([2H])c(-c4ccccc4)c([2H])c([2H])c3c(-c3cccc(-c4ccccc4)c3)c2c1[2H]. The summed E-state index contributed by atoms with van der Waals surface area (Å²) >= 11 is 0. The highest BCUT2D eigenvalue weighted by Crippen LogP contribution is 2.45. The van der Waals surface area contributed by atoms with Gasteiger partial charge in [-0.3, -0.25) is 0 Å². The molecule has 0 nitrogen and oxygen atoms in total. The molecule has 0 bridgehead atoms. The Bertz CT molecular complexity index is 2610. The van der Waals surface area contributed by atoms with Gasteiger partial charge in [-0.1, -0.05) is 152 Å². The average Bonchev–Trinajstić information content (AvgIpc) is 3.15. The topological polar surface area (TPSA) is 0 Å². The van der Waals surface area contributed by atoms with Crippen LogP contribution in [0.15, 0.2) is 170 Å².